The molecule has 0 saturated heterocycles. The third-order valence-electron chi connectivity index (χ3n) is 1.70. The number of oxime groups is 1. The number of nitrogens with zero attached hydrogens (tertiary/aromatic N) is 1. The van der Waals surface area contributed by atoms with Gasteiger partial charge < -0.3 is 10.1 Å². The lowest BCUT2D eigenvalue weighted by atomic mass is 10.4. The summed E-state index contributed by atoms with van der Waals surface area (Å²) in [5, 5.41) is 10.7. The van der Waals surface area contributed by atoms with Crippen LogP contribution >= 0.6 is 7.37 Å². The smallest absolute Gasteiger partial charge is 0.208 e. The summed E-state index contributed by atoms with van der Waals surface area (Å²) in [5.41, 5.74) is -0.222. The highest BCUT2D eigenvalue weighted by molar-refractivity contribution is 7.59. The highest BCUT2D eigenvalue weighted by atomic mass is 31.2. The van der Waals surface area contributed by atoms with Gasteiger partial charge in [-0.2, -0.15) is 0 Å². The van der Waals surface area contributed by atoms with Gasteiger partial charge in [-0.05, 0) is 6.42 Å². The van der Waals surface area contributed by atoms with Gasteiger partial charge in [0.2, 0.25) is 7.37 Å². The molecule has 2 N–H and O–H groups in total. The molecular weight excluding hydrogens is 165 g/mol. The Bertz CT molecular complexity index is 181. The van der Waals surface area contributed by atoms with E-state index in [1.165, 1.54) is 0 Å². The van der Waals surface area contributed by atoms with Gasteiger partial charge in [-0.1, -0.05) is 13.8 Å². The summed E-state index contributed by atoms with van der Waals surface area (Å²) in [4.78, 5) is 9.27. The van der Waals surface area contributed by atoms with E-state index in [0.717, 1.165) is 6.21 Å². The predicted molar refractivity (Wildman–Crippen MR) is 44.7 cm³/mol. The molecule has 0 aromatic heterocycles. The first-order chi connectivity index (χ1) is 5.04. The van der Waals surface area contributed by atoms with Gasteiger partial charge in [0.15, 0.2) is 0 Å². The molecule has 0 heterocycles. The highest BCUT2D eigenvalue weighted by Gasteiger charge is 2.23. The zero-order valence-electron chi connectivity index (χ0n) is 6.77. The van der Waals surface area contributed by atoms with Crippen LogP contribution in [0.2, 0.25) is 0 Å². The van der Waals surface area contributed by atoms with E-state index in [-0.39, 0.29) is 11.8 Å². The maximum absolute atomic E-state index is 11.3. The molecule has 0 aliphatic rings. The Kier molecular flexibility index (Phi) is 4.38. The average molecular weight is 179 g/mol. The topological polar surface area (TPSA) is 69.9 Å². The van der Waals surface area contributed by atoms with Crippen molar-refractivity contribution in [3.63, 3.8) is 0 Å². The summed E-state index contributed by atoms with van der Waals surface area (Å²) >= 11 is 0. The maximum Gasteiger partial charge on any atom is 0.208 e. The van der Waals surface area contributed by atoms with Crippen LogP contribution < -0.4 is 0 Å². The molecule has 0 aromatic rings. The van der Waals surface area contributed by atoms with Crippen LogP contribution in [0.5, 0.6) is 0 Å². The molecule has 5 heteroatoms. The molecule has 0 bridgehead atoms. The quantitative estimate of drug-likeness (QED) is 0.297. The first kappa shape index (κ1) is 10.7. The maximum atomic E-state index is 11.3. The second-order valence-corrected chi connectivity index (χ2v) is 5.25. The van der Waals surface area contributed by atoms with Gasteiger partial charge in [0, 0.05) is 5.66 Å². The molecular formula is C6H14NO3P. The molecule has 0 aliphatic carbocycles. The third-order valence-corrected chi connectivity index (χ3v) is 4.13. The lowest BCUT2D eigenvalue weighted by Gasteiger charge is -2.14. The summed E-state index contributed by atoms with van der Waals surface area (Å²) in [5.74, 6) is 0. The van der Waals surface area contributed by atoms with Crippen LogP contribution in [-0.2, 0) is 4.57 Å². The largest absolute Gasteiger partial charge is 0.411 e. The van der Waals surface area contributed by atoms with E-state index in [1.807, 2.05) is 6.92 Å². The van der Waals surface area contributed by atoms with Crippen LogP contribution in [-0.4, -0.2) is 28.1 Å². The van der Waals surface area contributed by atoms with Crippen molar-refractivity contribution in [3.05, 3.63) is 0 Å². The highest BCUT2D eigenvalue weighted by Crippen LogP contribution is 2.46. The van der Waals surface area contributed by atoms with Gasteiger partial charge in [0.05, 0.1) is 12.4 Å². The van der Waals surface area contributed by atoms with E-state index >= 15 is 0 Å². The SMILES string of the molecule is CCC(C)P(=O)(O)CC=NO. The Labute approximate surface area is 66.4 Å². The molecule has 2 atom stereocenters. The van der Waals surface area contributed by atoms with E-state index in [1.54, 1.807) is 6.92 Å². The Hall–Kier alpha value is -0.340. The van der Waals surface area contributed by atoms with Gasteiger partial charge in [0.1, 0.15) is 0 Å². The van der Waals surface area contributed by atoms with Crippen molar-refractivity contribution in [2.75, 3.05) is 6.16 Å². The number of hydrogen-bond donors (Lipinski definition) is 2. The molecule has 0 spiro atoms. The molecule has 0 rings (SSSR count). The Morgan fingerprint density at radius 1 is 1.73 bits per heavy atom. The molecule has 0 aliphatic heterocycles. The van der Waals surface area contributed by atoms with E-state index in [2.05, 4.69) is 5.16 Å². The lowest BCUT2D eigenvalue weighted by Crippen LogP contribution is -2.05. The van der Waals surface area contributed by atoms with Crippen LogP contribution in [0.4, 0.5) is 0 Å². The Balaban J connectivity index is 4.10. The van der Waals surface area contributed by atoms with Gasteiger partial charge in [-0.25, -0.2) is 0 Å². The minimum Gasteiger partial charge on any atom is -0.411 e. The fourth-order valence-corrected chi connectivity index (χ4v) is 1.86. The second-order valence-electron chi connectivity index (χ2n) is 2.49. The van der Waals surface area contributed by atoms with E-state index in [9.17, 15) is 9.46 Å². The predicted octanol–water partition coefficient (Wildman–Crippen LogP) is 1.52. The minimum atomic E-state index is -3.11. The monoisotopic (exact) mass is 179 g/mol. The Morgan fingerprint density at radius 3 is 2.64 bits per heavy atom. The van der Waals surface area contributed by atoms with E-state index < -0.39 is 7.37 Å². The van der Waals surface area contributed by atoms with Crippen molar-refractivity contribution in [1.29, 1.82) is 0 Å². The van der Waals surface area contributed by atoms with Crippen LogP contribution in [0.25, 0.3) is 0 Å². The molecule has 0 saturated carbocycles. The Morgan fingerprint density at radius 2 is 2.27 bits per heavy atom. The van der Waals surface area contributed by atoms with Gasteiger partial charge in [0.25, 0.3) is 0 Å². The first-order valence-electron chi connectivity index (χ1n) is 3.52. The van der Waals surface area contributed by atoms with Crippen molar-refractivity contribution in [2.45, 2.75) is 25.9 Å². The van der Waals surface area contributed by atoms with Crippen molar-refractivity contribution >= 4 is 13.6 Å². The molecule has 0 fully saturated rings. The molecule has 0 aromatic carbocycles. The number of rotatable bonds is 4. The average Bonchev–Trinajstić information content (AvgIpc) is 1.99. The van der Waals surface area contributed by atoms with Crippen molar-refractivity contribution in [3.8, 4) is 0 Å². The van der Waals surface area contributed by atoms with Crippen molar-refractivity contribution in [2.24, 2.45) is 5.16 Å². The van der Waals surface area contributed by atoms with Crippen LogP contribution in [0.1, 0.15) is 20.3 Å². The molecule has 2 unspecified atom stereocenters. The second kappa shape index (κ2) is 4.52. The van der Waals surface area contributed by atoms with Crippen molar-refractivity contribution in [1.82, 2.24) is 0 Å². The summed E-state index contributed by atoms with van der Waals surface area (Å²) in [6.45, 7) is 3.57. The van der Waals surface area contributed by atoms with Crippen molar-refractivity contribution < 1.29 is 14.7 Å². The fraction of sp³-hybridized carbons (Fsp3) is 0.833. The summed E-state index contributed by atoms with van der Waals surface area (Å²) in [7, 11) is -3.11. The molecule has 0 radical (unpaired) electrons. The van der Waals surface area contributed by atoms with Crippen LogP contribution in [0, 0.1) is 0 Å². The standard InChI is InChI=1S/C6H14NO3P/c1-3-6(2)11(9,10)5-4-7-8/h4,6,8H,3,5H2,1-2H3,(H,9,10). The van der Waals surface area contributed by atoms with Gasteiger partial charge in [-0.15, -0.1) is 5.16 Å². The summed E-state index contributed by atoms with van der Waals surface area (Å²) in [6, 6.07) is 0. The molecule has 66 valence electrons. The minimum absolute atomic E-state index is 0.0431. The van der Waals surface area contributed by atoms with Crippen LogP contribution in [0.15, 0.2) is 5.16 Å². The zero-order valence-corrected chi connectivity index (χ0v) is 7.66. The zero-order chi connectivity index (χ0) is 8.91. The third kappa shape index (κ3) is 3.54. The fourth-order valence-electron chi connectivity index (χ4n) is 0.619. The molecule has 11 heavy (non-hydrogen) atoms. The molecule has 0 amide bonds. The van der Waals surface area contributed by atoms with E-state index in [0.29, 0.717) is 6.42 Å². The van der Waals surface area contributed by atoms with Gasteiger partial charge in [-0.3, -0.25) is 4.57 Å². The number of hydrogen-bond acceptors (Lipinski definition) is 3. The lowest BCUT2D eigenvalue weighted by molar-refractivity contribution is 0.321. The van der Waals surface area contributed by atoms with Crippen LogP contribution in [0.3, 0.4) is 0 Å². The first-order valence-corrected chi connectivity index (χ1v) is 5.43. The summed E-state index contributed by atoms with van der Waals surface area (Å²) in [6.07, 6.45) is 1.68. The molecule has 4 nitrogen and oxygen atoms in total. The van der Waals surface area contributed by atoms with Gasteiger partial charge >= 0.3 is 0 Å². The summed E-state index contributed by atoms with van der Waals surface area (Å²) < 4.78 is 11.3. The van der Waals surface area contributed by atoms with E-state index in [4.69, 9.17) is 5.21 Å². The normalized spacial score (nSPS) is 19.9.